The molecule has 3 aromatic rings. The number of anilines is 1. The van der Waals surface area contributed by atoms with Gasteiger partial charge in [0.25, 0.3) is 0 Å². The molecule has 0 fully saturated rings. The molecule has 10 heteroatoms. The predicted octanol–water partition coefficient (Wildman–Crippen LogP) is 1.28. The molecule has 2 aromatic heterocycles. The minimum absolute atomic E-state index is 0.154. The molecule has 0 saturated carbocycles. The molecule has 0 atom stereocenters. The van der Waals surface area contributed by atoms with Crippen LogP contribution in [0.4, 0.5) is 5.69 Å². The maximum Gasteiger partial charge on any atom is 0.337 e. The lowest BCUT2D eigenvalue weighted by Gasteiger charge is -2.06. The van der Waals surface area contributed by atoms with Crippen LogP contribution in [0.2, 0.25) is 0 Å². The molecule has 0 bridgehead atoms. The molecule has 128 valence electrons. The van der Waals surface area contributed by atoms with E-state index in [4.69, 9.17) is 0 Å². The number of esters is 1. The van der Waals surface area contributed by atoms with Gasteiger partial charge >= 0.3 is 5.97 Å². The third kappa shape index (κ3) is 3.74. The topological polar surface area (TPSA) is 112 Å². The molecule has 3 rings (SSSR count). The third-order valence-corrected chi connectivity index (χ3v) is 4.26. The van der Waals surface area contributed by atoms with Gasteiger partial charge in [-0.05, 0) is 24.3 Å². The van der Waals surface area contributed by atoms with Crippen LogP contribution in [0.3, 0.4) is 0 Å². The first-order valence-electron chi connectivity index (χ1n) is 7.20. The number of fused-ring (bicyclic) bond motifs is 1. The average Bonchev–Trinajstić information content (AvgIpc) is 3.02. The Balaban J connectivity index is 1.62. The number of hydrogen-bond donors (Lipinski definition) is 1. The van der Waals surface area contributed by atoms with E-state index < -0.39 is 5.97 Å². The number of ether oxygens (including phenoxy) is 1. The Hall–Kier alpha value is -3.01. The minimum atomic E-state index is -0.426. The molecule has 0 spiro atoms. The first-order valence-corrected chi connectivity index (χ1v) is 8.18. The second kappa shape index (κ2) is 7.26. The highest BCUT2D eigenvalue weighted by atomic mass is 32.2. The summed E-state index contributed by atoms with van der Waals surface area (Å²) < 4.78 is 6.17. The lowest BCUT2D eigenvalue weighted by atomic mass is 10.2. The monoisotopic (exact) mass is 358 g/mol. The smallest absolute Gasteiger partial charge is 0.337 e. The fourth-order valence-corrected chi connectivity index (χ4v) is 2.81. The van der Waals surface area contributed by atoms with Crippen LogP contribution in [-0.2, 0) is 16.6 Å². The summed E-state index contributed by atoms with van der Waals surface area (Å²) in [7, 11) is 3.05. The summed E-state index contributed by atoms with van der Waals surface area (Å²) in [6.07, 6.45) is 1.41. The molecule has 0 unspecified atom stereocenters. The van der Waals surface area contributed by atoms with Gasteiger partial charge in [-0.15, -0.1) is 5.10 Å². The van der Waals surface area contributed by atoms with Gasteiger partial charge in [0.2, 0.25) is 5.91 Å². The highest BCUT2D eigenvalue weighted by molar-refractivity contribution is 8.00. The summed E-state index contributed by atoms with van der Waals surface area (Å²) in [5.41, 5.74) is 2.17. The van der Waals surface area contributed by atoms with Gasteiger partial charge in [-0.1, -0.05) is 17.0 Å². The summed E-state index contributed by atoms with van der Waals surface area (Å²) in [6, 6.07) is 6.45. The number of benzene rings is 1. The highest BCUT2D eigenvalue weighted by Gasteiger charge is 2.12. The van der Waals surface area contributed by atoms with Crippen LogP contribution in [0.15, 0.2) is 35.6 Å². The first-order chi connectivity index (χ1) is 12.1. The summed E-state index contributed by atoms with van der Waals surface area (Å²) in [5, 5.41) is 11.2. The Bertz CT molecular complexity index is 925. The van der Waals surface area contributed by atoms with Crippen molar-refractivity contribution in [3.05, 3.63) is 36.2 Å². The molecular weight excluding hydrogens is 344 g/mol. The van der Waals surface area contributed by atoms with E-state index in [1.165, 1.54) is 25.2 Å². The Morgan fingerprint density at radius 3 is 2.72 bits per heavy atom. The molecule has 9 nitrogen and oxygen atoms in total. The first kappa shape index (κ1) is 16.8. The number of amides is 1. The molecule has 25 heavy (non-hydrogen) atoms. The van der Waals surface area contributed by atoms with E-state index in [0.29, 0.717) is 27.4 Å². The average molecular weight is 358 g/mol. The summed E-state index contributed by atoms with van der Waals surface area (Å²) in [4.78, 5) is 31.7. The Kier molecular flexibility index (Phi) is 4.89. The normalized spacial score (nSPS) is 10.6. The van der Waals surface area contributed by atoms with Crippen molar-refractivity contribution in [2.45, 2.75) is 5.03 Å². The second-order valence-corrected chi connectivity index (χ2v) is 5.93. The Morgan fingerprint density at radius 1 is 1.24 bits per heavy atom. The van der Waals surface area contributed by atoms with E-state index in [0.717, 1.165) is 0 Å². The van der Waals surface area contributed by atoms with E-state index in [2.05, 4.69) is 30.3 Å². The van der Waals surface area contributed by atoms with Crippen LogP contribution < -0.4 is 5.32 Å². The largest absolute Gasteiger partial charge is 0.465 e. The predicted molar refractivity (Wildman–Crippen MR) is 91.2 cm³/mol. The second-order valence-electron chi connectivity index (χ2n) is 4.97. The van der Waals surface area contributed by atoms with Crippen molar-refractivity contribution in [1.29, 1.82) is 0 Å². The lowest BCUT2D eigenvalue weighted by Crippen LogP contribution is -2.14. The van der Waals surface area contributed by atoms with Crippen molar-refractivity contribution < 1.29 is 14.3 Å². The van der Waals surface area contributed by atoms with Gasteiger partial charge in [-0.2, -0.15) is 0 Å². The van der Waals surface area contributed by atoms with Crippen molar-refractivity contribution in [3.8, 4) is 0 Å². The van der Waals surface area contributed by atoms with Gasteiger partial charge in [0.05, 0.1) is 18.4 Å². The maximum absolute atomic E-state index is 12.1. The van der Waals surface area contributed by atoms with Crippen LogP contribution >= 0.6 is 11.8 Å². The summed E-state index contributed by atoms with van der Waals surface area (Å²) in [5.74, 6) is -0.474. The van der Waals surface area contributed by atoms with Gasteiger partial charge in [-0.3, -0.25) is 4.79 Å². The Morgan fingerprint density at radius 2 is 2.00 bits per heavy atom. The van der Waals surface area contributed by atoms with E-state index in [1.54, 1.807) is 36.0 Å². The number of aromatic nitrogens is 5. The molecule has 2 heterocycles. The number of aryl methyl sites for hydroxylation is 1. The quantitative estimate of drug-likeness (QED) is 0.412. The molecule has 0 aliphatic carbocycles. The number of rotatable bonds is 5. The van der Waals surface area contributed by atoms with E-state index in [1.807, 2.05) is 0 Å². The number of thioether (sulfide) groups is 1. The zero-order chi connectivity index (χ0) is 17.8. The van der Waals surface area contributed by atoms with Crippen molar-refractivity contribution in [2.75, 3.05) is 18.2 Å². The molecule has 1 N–H and O–H groups in total. The van der Waals surface area contributed by atoms with Crippen molar-refractivity contribution in [2.24, 2.45) is 7.05 Å². The van der Waals surface area contributed by atoms with Gasteiger partial charge in [-0.25, -0.2) is 19.4 Å². The molecule has 0 aliphatic rings. The van der Waals surface area contributed by atoms with Gasteiger partial charge < -0.3 is 10.1 Å². The van der Waals surface area contributed by atoms with Crippen LogP contribution in [0.1, 0.15) is 10.4 Å². The van der Waals surface area contributed by atoms with E-state index in [9.17, 15) is 9.59 Å². The maximum atomic E-state index is 12.1. The number of nitrogens with zero attached hydrogens (tertiary/aromatic N) is 5. The van der Waals surface area contributed by atoms with Gasteiger partial charge in [0.1, 0.15) is 11.4 Å². The van der Waals surface area contributed by atoms with Crippen molar-refractivity contribution in [1.82, 2.24) is 25.0 Å². The summed E-state index contributed by atoms with van der Waals surface area (Å²) in [6.45, 7) is 0. The van der Waals surface area contributed by atoms with E-state index in [-0.39, 0.29) is 11.7 Å². The zero-order valence-corrected chi connectivity index (χ0v) is 14.3. The number of carbonyl (C=O) groups excluding carboxylic acids is 2. The molecule has 0 radical (unpaired) electrons. The molecule has 1 aromatic carbocycles. The van der Waals surface area contributed by atoms with E-state index >= 15 is 0 Å². The SMILES string of the molecule is COC(=O)c1ccc(NC(=O)CSc2ncnc3c2nnn3C)cc1. The molecular formula is C15H14N6O3S. The number of nitrogens with one attached hydrogen (secondary N) is 1. The van der Waals surface area contributed by atoms with Crippen LogP contribution in [0.5, 0.6) is 0 Å². The van der Waals surface area contributed by atoms with Gasteiger partial charge in [0, 0.05) is 12.7 Å². The number of hydrogen-bond acceptors (Lipinski definition) is 8. The number of methoxy groups -OCH3 is 1. The molecule has 0 aliphatic heterocycles. The van der Waals surface area contributed by atoms with Crippen LogP contribution in [0, 0.1) is 0 Å². The lowest BCUT2D eigenvalue weighted by molar-refractivity contribution is -0.113. The summed E-state index contributed by atoms with van der Waals surface area (Å²) >= 11 is 1.25. The van der Waals surface area contributed by atoms with Crippen LogP contribution in [0.25, 0.3) is 11.2 Å². The number of carbonyl (C=O) groups is 2. The molecule has 0 saturated heterocycles. The highest BCUT2D eigenvalue weighted by Crippen LogP contribution is 2.22. The van der Waals surface area contributed by atoms with Crippen LogP contribution in [-0.4, -0.2) is 49.7 Å². The fraction of sp³-hybridized carbons (Fsp3) is 0.200. The standard InChI is InChI=1S/C15H14N6O3S/c1-21-13-12(19-20-21)14(17-8-16-13)25-7-11(22)18-10-5-3-9(4-6-10)15(23)24-2/h3-6,8H,7H2,1-2H3,(H,18,22). The van der Waals surface area contributed by atoms with Crippen molar-refractivity contribution in [3.63, 3.8) is 0 Å². The van der Waals surface area contributed by atoms with Gasteiger partial charge in [0.15, 0.2) is 11.2 Å². The zero-order valence-electron chi connectivity index (χ0n) is 13.5. The third-order valence-electron chi connectivity index (χ3n) is 3.28. The molecule has 1 amide bonds. The fourth-order valence-electron chi connectivity index (χ4n) is 2.08. The van der Waals surface area contributed by atoms with Crippen molar-refractivity contribution >= 4 is 40.5 Å². The minimum Gasteiger partial charge on any atom is -0.465 e. The Labute approximate surface area is 146 Å².